The van der Waals surface area contributed by atoms with Crippen LogP contribution >= 0.6 is 0 Å². The summed E-state index contributed by atoms with van der Waals surface area (Å²) < 4.78 is 5.41. The quantitative estimate of drug-likeness (QED) is 0.878. The number of nitrogens with zero attached hydrogens (tertiary/aromatic N) is 1. The van der Waals surface area contributed by atoms with Crippen LogP contribution in [-0.4, -0.2) is 11.6 Å². The van der Waals surface area contributed by atoms with Crippen molar-refractivity contribution in [3.05, 3.63) is 42.1 Å². The molecule has 17 heavy (non-hydrogen) atoms. The number of pyridine rings is 1. The number of anilines is 1. The average Bonchev–Trinajstić information content (AvgIpc) is 2.31. The van der Waals surface area contributed by atoms with Gasteiger partial charge >= 0.3 is 0 Å². The van der Waals surface area contributed by atoms with Crippen molar-refractivity contribution in [3.63, 3.8) is 0 Å². The van der Waals surface area contributed by atoms with Gasteiger partial charge in [-0.25, -0.2) is 4.98 Å². The van der Waals surface area contributed by atoms with Crippen LogP contribution in [0, 0.1) is 6.92 Å². The summed E-state index contributed by atoms with van der Waals surface area (Å²) >= 11 is 0. The molecule has 1 aromatic heterocycles. The van der Waals surface area contributed by atoms with Crippen LogP contribution in [0.25, 0.3) is 11.1 Å². The summed E-state index contributed by atoms with van der Waals surface area (Å²) in [6, 6.07) is 11.8. The maximum Gasteiger partial charge on any atom is 0.123 e. The molecule has 0 fully saturated rings. The molecule has 0 atom stereocenters. The van der Waals surface area contributed by atoms with Gasteiger partial charge in [0, 0.05) is 11.3 Å². The first-order valence-corrected chi connectivity index (χ1v) is 5.67. The third-order valence-corrected chi connectivity index (χ3v) is 2.58. The Morgan fingerprint density at radius 2 is 1.82 bits per heavy atom. The number of hydrogen-bond donors (Lipinski definition) is 1. The maximum atomic E-state index is 5.64. The van der Waals surface area contributed by atoms with Crippen LogP contribution in [0.2, 0.25) is 0 Å². The first-order valence-electron chi connectivity index (χ1n) is 5.67. The number of rotatable bonds is 3. The van der Waals surface area contributed by atoms with Crippen molar-refractivity contribution in [2.24, 2.45) is 0 Å². The highest BCUT2D eigenvalue weighted by Gasteiger charge is 2.03. The van der Waals surface area contributed by atoms with Crippen molar-refractivity contribution in [2.45, 2.75) is 13.8 Å². The van der Waals surface area contributed by atoms with Crippen LogP contribution in [0.5, 0.6) is 5.75 Å². The Morgan fingerprint density at radius 3 is 2.41 bits per heavy atom. The number of hydrogen-bond acceptors (Lipinski definition) is 3. The van der Waals surface area contributed by atoms with Gasteiger partial charge in [0.1, 0.15) is 11.6 Å². The van der Waals surface area contributed by atoms with E-state index in [4.69, 9.17) is 10.5 Å². The molecule has 0 amide bonds. The lowest BCUT2D eigenvalue weighted by Gasteiger charge is -2.07. The van der Waals surface area contributed by atoms with Crippen molar-refractivity contribution >= 4 is 5.82 Å². The molecule has 1 heterocycles. The summed E-state index contributed by atoms with van der Waals surface area (Å²) in [4.78, 5) is 4.26. The summed E-state index contributed by atoms with van der Waals surface area (Å²) in [6.07, 6.45) is 0. The predicted molar refractivity (Wildman–Crippen MR) is 70.0 cm³/mol. The molecule has 0 aliphatic heterocycles. The van der Waals surface area contributed by atoms with Gasteiger partial charge in [-0.05, 0) is 43.7 Å². The van der Waals surface area contributed by atoms with E-state index in [2.05, 4.69) is 4.98 Å². The van der Waals surface area contributed by atoms with E-state index in [1.807, 2.05) is 50.2 Å². The third kappa shape index (κ3) is 2.56. The third-order valence-electron chi connectivity index (χ3n) is 2.58. The largest absolute Gasteiger partial charge is 0.494 e. The average molecular weight is 228 g/mol. The number of ether oxygens (including phenoxy) is 1. The Balaban J connectivity index is 2.33. The Labute approximate surface area is 101 Å². The molecule has 1 aromatic carbocycles. The molecule has 3 nitrogen and oxygen atoms in total. The van der Waals surface area contributed by atoms with Crippen LogP contribution in [0.4, 0.5) is 5.82 Å². The lowest BCUT2D eigenvalue weighted by molar-refractivity contribution is 0.340. The molecule has 3 heteroatoms. The van der Waals surface area contributed by atoms with Crippen molar-refractivity contribution in [1.29, 1.82) is 0 Å². The van der Waals surface area contributed by atoms with Crippen LogP contribution < -0.4 is 10.5 Å². The first kappa shape index (κ1) is 11.5. The molecule has 2 N–H and O–H groups in total. The zero-order valence-electron chi connectivity index (χ0n) is 10.1. The monoisotopic (exact) mass is 228 g/mol. The molecule has 0 radical (unpaired) electrons. The highest BCUT2D eigenvalue weighted by molar-refractivity contribution is 5.67. The summed E-state index contributed by atoms with van der Waals surface area (Å²) in [6.45, 7) is 4.62. The van der Waals surface area contributed by atoms with E-state index < -0.39 is 0 Å². The van der Waals surface area contributed by atoms with Crippen molar-refractivity contribution < 1.29 is 4.74 Å². The summed E-state index contributed by atoms with van der Waals surface area (Å²) in [5, 5.41) is 0. The topological polar surface area (TPSA) is 48.1 Å². The minimum atomic E-state index is 0.553. The molecule has 0 aliphatic rings. The molecule has 0 bridgehead atoms. The normalized spacial score (nSPS) is 10.2. The van der Waals surface area contributed by atoms with Gasteiger partial charge in [-0.2, -0.15) is 0 Å². The van der Waals surface area contributed by atoms with Gasteiger partial charge in [0.2, 0.25) is 0 Å². The number of benzene rings is 1. The fourth-order valence-electron chi connectivity index (χ4n) is 1.78. The minimum absolute atomic E-state index is 0.553. The van der Waals surface area contributed by atoms with Gasteiger partial charge in [-0.1, -0.05) is 12.1 Å². The number of nitrogens with two attached hydrogens (primary N) is 1. The summed E-state index contributed by atoms with van der Waals surface area (Å²) in [5.41, 5.74) is 8.80. The van der Waals surface area contributed by atoms with E-state index in [1.54, 1.807) is 0 Å². The Kier molecular flexibility index (Phi) is 3.28. The van der Waals surface area contributed by atoms with E-state index in [0.717, 1.165) is 22.6 Å². The van der Waals surface area contributed by atoms with Crippen LogP contribution in [-0.2, 0) is 0 Å². The van der Waals surface area contributed by atoms with Gasteiger partial charge in [0.05, 0.1) is 6.61 Å². The van der Waals surface area contributed by atoms with Crippen molar-refractivity contribution in [3.8, 4) is 16.9 Å². The molecule has 0 saturated carbocycles. The number of nitrogen functional groups attached to an aromatic ring is 1. The van der Waals surface area contributed by atoms with E-state index in [1.165, 1.54) is 0 Å². The highest BCUT2D eigenvalue weighted by Crippen LogP contribution is 2.25. The van der Waals surface area contributed by atoms with Gasteiger partial charge in [0.15, 0.2) is 0 Å². The zero-order chi connectivity index (χ0) is 12.3. The van der Waals surface area contributed by atoms with Gasteiger partial charge in [-0.3, -0.25) is 0 Å². The molecular formula is C14H16N2O. The molecule has 0 spiro atoms. The van der Waals surface area contributed by atoms with Gasteiger partial charge in [0.25, 0.3) is 0 Å². The predicted octanol–water partition coefficient (Wildman–Crippen LogP) is 3.04. The van der Waals surface area contributed by atoms with Crippen LogP contribution in [0.3, 0.4) is 0 Å². The first-order chi connectivity index (χ1) is 8.20. The molecule has 0 unspecified atom stereocenters. The van der Waals surface area contributed by atoms with E-state index in [9.17, 15) is 0 Å². The number of aromatic nitrogens is 1. The van der Waals surface area contributed by atoms with Crippen LogP contribution in [0.1, 0.15) is 12.6 Å². The van der Waals surface area contributed by atoms with Crippen molar-refractivity contribution in [1.82, 2.24) is 4.98 Å². The summed E-state index contributed by atoms with van der Waals surface area (Å²) in [7, 11) is 0. The Hall–Kier alpha value is -2.03. The Bertz CT molecular complexity index is 506. The molecular weight excluding hydrogens is 212 g/mol. The summed E-state index contributed by atoms with van der Waals surface area (Å²) in [5.74, 6) is 1.44. The fourth-order valence-corrected chi connectivity index (χ4v) is 1.78. The van der Waals surface area contributed by atoms with Crippen LogP contribution in [0.15, 0.2) is 36.4 Å². The molecule has 0 saturated heterocycles. The Morgan fingerprint density at radius 1 is 1.12 bits per heavy atom. The second-order valence-electron chi connectivity index (χ2n) is 3.83. The minimum Gasteiger partial charge on any atom is -0.494 e. The lowest BCUT2D eigenvalue weighted by atomic mass is 10.0. The lowest BCUT2D eigenvalue weighted by Crippen LogP contribution is -1.94. The van der Waals surface area contributed by atoms with E-state index in [-0.39, 0.29) is 0 Å². The van der Waals surface area contributed by atoms with E-state index >= 15 is 0 Å². The highest BCUT2D eigenvalue weighted by atomic mass is 16.5. The van der Waals surface area contributed by atoms with Crippen molar-refractivity contribution in [2.75, 3.05) is 12.3 Å². The number of aryl methyl sites for hydroxylation is 1. The molecule has 0 aliphatic carbocycles. The second-order valence-corrected chi connectivity index (χ2v) is 3.83. The molecule has 88 valence electrons. The second kappa shape index (κ2) is 4.87. The fraction of sp³-hybridized carbons (Fsp3) is 0.214. The van der Waals surface area contributed by atoms with Gasteiger partial charge < -0.3 is 10.5 Å². The maximum absolute atomic E-state index is 5.64. The molecule has 2 aromatic rings. The standard InChI is InChI=1S/C14H16N2O/c1-3-17-12-6-4-11(5-7-12)13-8-9-14(15)16-10(13)2/h4-9H,3H2,1-2H3,(H2,15,16). The SMILES string of the molecule is CCOc1ccc(-c2ccc(N)nc2C)cc1. The molecule has 2 rings (SSSR count). The zero-order valence-corrected chi connectivity index (χ0v) is 10.1. The van der Waals surface area contributed by atoms with Gasteiger partial charge in [-0.15, -0.1) is 0 Å². The smallest absolute Gasteiger partial charge is 0.123 e. The van der Waals surface area contributed by atoms with E-state index in [0.29, 0.717) is 12.4 Å².